The molecule has 1 unspecified atom stereocenters. The number of pyridine rings is 2. The topological polar surface area (TPSA) is 47.5 Å². The number of rotatable bonds is 5. The number of hydrogen-bond acceptors (Lipinski definition) is 5. The third-order valence-corrected chi connectivity index (χ3v) is 5.48. The Kier molecular flexibility index (Phi) is 5.29. The molecule has 0 bridgehead atoms. The first-order chi connectivity index (χ1) is 12.7. The molecule has 2 aromatic heterocycles. The van der Waals surface area contributed by atoms with Crippen molar-refractivity contribution in [2.45, 2.75) is 51.0 Å². The SMILES string of the molecule is Cc1cccc(COC2COC3(CCN(Cc4cccnc4)CC3)C2)n1. The number of aromatic nitrogens is 2. The van der Waals surface area contributed by atoms with E-state index < -0.39 is 0 Å². The number of piperidine rings is 1. The van der Waals surface area contributed by atoms with Crippen LogP contribution in [0.5, 0.6) is 0 Å². The van der Waals surface area contributed by atoms with Crippen LogP contribution in [0.3, 0.4) is 0 Å². The number of aryl methyl sites for hydroxylation is 1. The summed E-state index contributed by atoms with van der Waals surface area (Å²) in [6.45, 7) is 6.40. The fourth-order valence-corrected chi connectivity index (χ4v) is 4.01. The molecule has 138 valence electrons. The lowest BCUT2D eigenvalue weighted by Crippen LogP contribution is -2.43. The van der Waals surface area contributed by atoms with Gasteiger partial charge in [-0.05, 0) is 43.5 Å². The number of likely N-dealkylation sites (tertiary alicyclic amines) is 1. The fraction of sp³-hybridized carbons (Fsp3) is 0.524. The standard InChI is InChI=1S/C21H27N3O2/c1-17-4-2-6-19(23-17)15-25-20-12-21(26-16-20)7-10-24(11-8-21)14-18-5-3-9-22-13-18/h2-6,9,13,20H,7-8,10-12,14-16H2,1H3. The van der Waals surface area contributed by atoms with Crippen LogP contribution < -0.4 is 0 Å². The maximum Gasteiger partial charge on any atom is 0.0892 e. The summed E-state index contributed by atoms with van der Waals surface area (Å²) in [6.07, 6.45) is 7.13. The molecule has 1 spiro atoms. The molecule has 0 N–H and O–H groups in total. The lowest BCUT2D eigenvalue weighted by molar-refractivity contribution is -0.0468. The van der Waals surface area contributed by atoms with E-state index in [0.29, 0.717) is 13.2 Å². The van der Waals surface area contributed by atoms with Gasteiger partial charge < -0.3 is 9.47 Å². The molecule has 2 aliphatic heterocycles. The monoisotopic (exact) mass is 353 g/mol. The molecule has 1 atom stereocenters. The molecule has 0 aliphatic carbocycles. The molecule has 5 nitrogen and oxygen atoms in total. The molecule has 2 saturated heterocycles. The van der Waals surface area contributed by atoms with Gasteiger partial charge in [0.1, 0.15) is 0 Å². The van der Waals surface area contributed by atoms with Gasteiger partial charge in [-0.25, -0.2) is 0 Å². The molecule has 2 aromatic rings. The average Bonchev–Trinajstić information content (AvgIpc) is 3.06. The summed E-state index contributed by atoms with van der Waals surface area (Å²) in [4.78, 5) is 11.2. The van der Waals surface area contributed by atoms with Crippen LogP contribution in [-0.4, -0.2) is 46.3 Å². The van der Waals surface area contributed by atoms with Crippen molar-refractivity contribution in [3.63, 3.8) is 0 Å². The second-order valence-electron chi connectivity index (χ2n) is 7.54. The Morgan fingerprint density at radius 1 is 1.23 bits per heavy atom. The lowest BCUT2D eigenvalue weighted by atomic mass is 9.88. The first-order valence-electron chi connectivity index (χ1n) is 9.50. The van der Waals surface area contributed by atoms with E-state index in [2.05, 4.69) is 20.9 Å². The summed E-state index contributed by atoms with van der Waals surface area (Å²) in [5.41, 5.74) is 3.32. The van der Waals surface area contributed by atoms with E-state index in [-0.39, 0.29) is 11.7 Å². The van der Waals surface area contributed by atoms with Crippen molar-refractivity contribution in [1.82, 2.24) is 14.9 Å². The van der Waals surface area contributed by atoms with Gasteiger partial charge in [-0.15, -0.1) is 0 Å². The highest BCUT2D eigenvalue weighted by Crippen LogP contribution is 2.37. The Bertz CT molecular complexity index is 714. The zero-order chi connectivity index (χ0) is 17.8. The highest BCUT2D eigenvalue weighted by molar-refractivity contribution is 5.10. The largest absolute Gasteiger partial charge is 0.372 e. The smallest absolute Gasteiger partial charge is 0.0892 e. The summed E-state index contributed by atoms with van der Waals surface area (Å²) in [6, 6.07) is 10.2. The summed E-state index contributed by atoms with van der Waals surface area (Å²) >= 11 is 0. The van der Waals surface area contributed by atoms with Crippen molar-refractivity contribution in [1.29, 1.82) is 0 Å². The summed E-state index contributed by atoms with van der Waals surface area (Å²) in [7, 11) is 0. The Labute approximate surface area is 155 Å². The van der Waals surface area contributed by atoms with Crippen LogP contribution in [0.1, 0.15) is 36.2 Å². The lowest BCUT2D eigenvalue weighted by Gasteiger charge is -2.38. The second-order valence-corrected chi connectivity index (χ2v) is 7.54. The van der Waals surface area contributed by atoms with Gasteiger partial charge in [0.05, 0.1) is 30.6 Å². The molecular weight excluding hydrogens is 326 g/mol. The molecule has 2 fully saturated rings. The van der Waals surface area contributed by atoms with E-state index >= 15 is 0 Å². The van der Waals surface area contributed by atoms with Gasteiger partial charge in [0.15, 0.2) is 0 Å². The van der Waals surface area contributed by atoms with Crippen molar-refractivity contribution >= 4 is 0 Å². The average molecular weight is 353 g/mol. The van der Waals surface area contributed by atoms with Gasteiger partial charge in [0.25, 0.3) is 0 Å². The van der Waals surface area contributed by atoms with Gasteiger partial charge in [-0.1, -0.05) is 12.1 Å². The summed E-state index contributed by atoms with van der Waals surface area (Å²) < 4.78 is 12.3. The van der Waals surface area contributed by atoms with Crippen molar-refractivity contribution < 1.29 is 9.47 Å². The number of hydrogen-bond donors (Lipinski definition) is 0. The van der Waals surface area contributed by atoms with Crippen molar-refractivity contribution in [2.24, 2.45) is 0 Å². The van der Waals surface area contributed by atoms with Crippen LogP contribution in [0, 0.1) is 6.92 Å². The normalized spacial score (nSPS) is 22.7. The molecule has 4 heterocycles. The fourth-order valence-electron chi connectivity index (χ4n) is 4.01. The molecule has 0 amide bonds. The third kappa shape index (κ3) is 4.29. The zero-order valence-electron chi connectivity index (χ0n) is 15.4. The Morgan fingerprint density at radius 3 is 2.88 bits per heavy atom. The van der Waals surface area contributed by atoms with Gasteiger partial charge in [-0.3, -0.25) is 14.9 Å². The van der Waals surface area contributed by atoms with E-state index in [4.69, 9.17) is 9.47 Å². The van der Waals surface area contributed by atoms with Gasteiger partial charge in [0.2, 0.25) is 0 Å². The highest BCUT2D eigenvalue weighted by Gasteiger charge is 2.43. The first-order valence-corrected chi connectivity index (χ1v) is 9.50. The van der Waals surface area contributed by atoms with E-state index in [1.165, 1.54) is 5.56 Å². The maximum atomic E-state index is 6.22. The van der Waals surface area contributed by atoms with Crippen molar-refractivity contribution in [2.75, 3.05) is 19.7 Å². The molecule has 5 heteroatoms. The van der Waals surface area contributed by atoms with Crippen molar-refractivity contribution in [3.8, 4) is 0 Å². The molecule has 26 heavy (non-hydrogen) atoms. The van der Waals surface area contributed by atoms with E-state index in [9.17, 15) is 0 Å². The minimum absolute atomic E-state index is 0.0101. The number of nitrogens with zero attached hydrogens (tertiary/aromatic N) is 3. The van der Waals surface area contributed by atoms with Crippen LogP contribution in [0.25, 0.3) is 0 Å². The second kappa shape index (κ2) is 7.82. The predicted molar refractivity (Wildman–Crippen MR) is 99.6 cm³/mol. The predicted octanol–water partition coefficient (Wildman–Crippen LogP) is 3.13. The molecule has 0 aromatic carbocycles. The Hall–Kier alpha value is -1.82. The van der Waals surface area contributed by atoms with Crippen LogP contribution in [0.15, 0.2) is 42.7 Å². The van der Waals surface area contributed by atoms with E-state index in [1.54, 1.807) is 0 Å². The Balaban J connectivity index is 1.25. The first kappa shape index (κ1) is 17.6. The van der Waals surface area contributed by atoms with E-state index in [1.807, 2.05) is 43.6 Å². The molecule has 0 radical (unpaired) electrons. The summed E-state index contributed by atoms with van der Waals surface area (Å²) in [5, 5.41) is 0. The quantitative estimate of drug-likeness (QED) is 0.826. The minimum Gasteiger partial charge on any atom is -0.372 e. The summed E-state index contributed by atoms with van der Waals surface area (Å²) in [5.74, 6) is 0. The van der Waals surface area contributed by atoms with Crippen LogP contribution >= 0.6 is 0 Å². The highest BCUT2D eigenvalue weighted by atomic mass is 16.6. The van der Waals surface area contributed by atoms with Crippen LogP contribution in [-0.2, 0) is 22.6 Å². The van der Waals surface area contributed by atoms with E-state index in [0.717, 1.165) is 50.3 Å². The van der Waals surface area contributed by atoms with Gasteiger partial charge in [0, 0.05) is 44.1 Å². The molecule has 0 saturated carbocycles. The van der Waals surface area contributed by atoms with Crippen molar-refractivity contribution in [3.05, 3.63) is 59.7 Å². The maximum absolute atomic E-state index is 6.22. The van der Waals surface area contributed by atoms with Gasteiger partial charge >= 0.3 is 0 Å². The van der Waals surface area contributed by atoms with Gasteiger partial charge in [-0.2, -0.15) is 0 Å². The molecular formula is C21H27N3O2. The zero-order valence-corrected chi connectivity index (χ0v) is 15.4. The minimum atomic E-state index is 0.0101. The Morgan fingerprint density at radius 2 is 2.12 bits per heavy atom. The number of ether oxygens (including phenoxy) is 2. The third-order valence-electron chi connectivity index (χ3n) is 5.48. The van der Waals surface area contributed by atoms with Crippen LogP contribution in [0.4, 0.5) is 0 Å². The van der Waals surface area contributed by atoms with Crippen LogP contribution in [0.2, 0.25) is 0 Å². The molecule has 4 rings (SSSR count). The molecule has 2 aliphatic rings.